The van der Waals surface area contributed by atoms with Gasteiger partial charge in [0.1, 0.15) is 0 Å². The van der Waals surface area contributed by atoms with Crippen molar-refractivity contribution in [2.75, 3.05) is 0 Å². The zero-order chi connectivity index (χ0) is 12.8. The molecule has 0 aromatic heterocycles. The van der Waals surface area contributed by atoms with Gasteiger partial charge >= 0.3 is 113 Å². The van der Waals surface area contributed by atoms with E-state index in [-0.39, 0.29) is 0 Å². The van der Waals surface area contributed by atoms with E-state index >= 15 is 0 Å². The van der Waals surface area contributed by atoms with Crippen molar-refractivity contribution >= 4 is 36.8 Å². The fourth-order valence-corrected chi connectivity index (χ4v) is 24.0. The molecule has 0 amide bonds. The summed E-state index contributed by atoms with van der Waals surface area (Å²) in [5.74, 6) is 1.11. The van der Waals surface area contributed by atoms with Gasteiger partial charge in [-0.25, -0.2) is 0 Å². The fourth-order valence-electron chi connectivity index (χ4n) is 4.40. The molecule has 0 radical (unpaired) electrons. The van der Waals surface area contributed by atoms with Crippen LogP contribution in [0.1, 0.15) is 26.7 Å². The van der Waals surface area contributed by atoms with E-state index in [9.17, 15) is 0 Å². The van der Waals surface area contributed by atoms with Crippen LogP contribution in [0, 0.1) is 11.3 Å². The van der Waals surface area contributed by atoms with Crippen molar-refractivity contribution in [2.45, 2.75) is 64.7 Å². The summed E-state index contributed by atoms with van der Waals surface area (Å²) in [5, 5.41) is 0. The van der Waals surface area contributed by atoms with Gasteiger partial charge < -0.3 is 0 Å². The van der Waals surface area contributed by atoms with E-state index in [4.69, 9.17) is 0 Å². The van der Waals surface area contributed by atoms with E-state index in [0.717, 1.165) is 9.85 Å². The van der Waals surface area contributed by atoms with Crippen LogP contribution in [0.5, 0.6) is 0 Å². The van der Waals surface area contributed by atoms with Gasteiger partial charge in [0.05, 0.1) is 0 Å². The summed E-state index contributed by atoms with van der Waals surface area (Å²) in [6, 6.07) is 0. The Morgan fingerprint density at radius 1 is 1.00 bits per heavy atom. The van der Waals surface area contributed by atoms with Crippen LogP contribution >= 0.6 is 0 Å². The fraction of sp³-hybridized carbons (Fsp3) is 1.00. The van der Waals surface area contributed by atoms with Gasteiger partial charge in [0.15, 0.2) is 0 Å². The first kappa shape index (κ1) is 15.7. The minimum absolute atomic E-state index is 0.663. The number of hydrogen-bond acceptors (Lipinski definition) is 0. The van der Waals surface area contributed by atoms with Gasteiger partial charge in [-0.15, -0.1) is 0 Å². The molecule has 0 heterocycles. The molecular weight excluding hydrogens is 406 g/mol. The molecule has 0 saturated heterocycles. The Morgan fingerprint density at radius 2 is 1.50 bits per heavy atom. The standard InChI is InChI=1S/C8H14.6CH3.2Sn/c1-7-4-5-8(2,3)6-7;;;;;;;;/h6-7H,1,4-5H2,2-3H3;6*1H3;;/t7-;;;;;;;;/m0......../s1. The summed E-state index contributed by atoms with van der Waals surface area (Å²) in [4.78, 5) is 15.9. The van der Waals surface area contributed by atoms with Gasteiger partial charge in [0.25, 0.3) is 0 Å². The molecule has 1 rings (SSSR count). The molecule has 0 aromatic carbocycles. The molecule has 1 aliphatic rings. The molecule has 1 fully saturated rings. The molecule has 0 aliphatic heterocycles. The van der Waals surface area contributed by atoms with Crippen molar-refractivity contribution in [3.05, 3.63) is 0 Å². The Balaban J connectivity index is 2.87. The summed E-state index contributed by atoms with van der Waals surface area (Å²) in [5.41, 5.74) is 0.663. The van der Waals surface area contributed by atoms with E-state index in [1.54, 1.807) is 10.9 Å². The first-order valence-corrected chi connectivity index (χ1v) is 27.7. The number of rotatable bonds is 3. The summed E-state index contributed by atoms with van der Waals surface area (Å²) in [6.07, 6.45) is 3.04. The monoisotopic (exact) mass is 440 g/mol. The van der Waals surface area contributed by atoms with Crippen LogP contribution in [0.3, 0.4) is 0 Å². The van der Waals surface area contributed by atoms with Crippen LogP contribution < -0.4 is 0 Å². The van der Waals surface area contributed by atoms with Crippen molar-refractivity contribution in [2.24, 2.45) is 11.3 Å². The van der Waals surface area contributed by atoms with E-state index in [1.165, 1.54) is 6.42 Å². The minimum atomic E-state index is -1.74. The molecule has 0 aromatic rings. The molecule has 0 N–H and O–H groups in total. The molecule has 96 valence electrons. The van der Waals surface area contributed by atoms with E-state index in [2.05, 4.69) is 43.5 Å². The van der Waals surface area contributed by atoms with E-state index < -0.39 is 36.8 Å². The molecule has 0 bridgehead atoms. The topological polar surface area (TPSA) is 0 Å². The van der Waals surface area contributed by atoms with Crippen molar-refractivity contribution in [1.82, 2.24) is 0 Å². The zero-order valence-corrected chi connectivity index (χ0v) is 18.5. The second-order valence-electron chi connectivity index (χ2n) is 8.90. The van der Waals surface area contributed by atoms with Gasteiger partial charge in [0.2, 0.25) is 0 Å². The van der Waals surface area contributed by atoms with Gasteiger partial charge in [-0.1, -0.05) is 0 Å². The molecule has 2 heteroatoms. The van der Waals surface area contributed by atoms with E-state index in [0.29, 0.717) is 5.41 Å². The molecule has 2 atom stereocenters. The van der Waals surface area contributed by atoms with Gasteiger partial charge in [-0.05, 0) is 0 Å². The van der Waals surface area contributed by atoms with Crippen LogP contribution in [0.2, 0.25) is 38.0 Å². The second kappa shape index (κ2) is 4.94. The predicted octanol–water partition coefficient (Wildman–Crippen LogP) is 5.47. The van der Waals surface area contributed by atoms with Crippen molar-refractivity contribution < 1.29 is 0 Å². The molecule has 0 spiro atoms. The molecular formula is C14H32Sn2. The quantitative estimate of drug-likeness (QED) is 0.514. The molecule has 1 aliphatic carbocycles. The maximum absolute atomic E-state index is 2.66. The van der Waals surface area contributed by atoms with Gasteiger partial charge in [0, 0.05) is 0 Å². The van der Waals surface area contributed by atoms with Crippen LogP contribution in [0.4, 0.5) is 0 Å². The Morgan fingerprint density at radius 3 is 1.88 bits per heavy atom. The molecule has 0 nitrogen and oxygen atoms in total. The Hall–Kier alpha value is 1.60. The average molecular weight is 438 g/mol. The van der Waals surface area contributed by atoms with E-state index in [1.807, 2.05) is 0 Å². The molecule has 1 saturated carbocycles. The van der Waals surface area contributed by atoms with Crippen LogP contribution in [0.25, 0.3) is 0 Å². The third kappa shape index (κ3) is 4.06. The Kier molecular flexibility index (Phi) is 4.83. The third-order valence-corrected chi connectivity index (χ3v) is 18.2. The normalized spacial score (nSPS) is 30.8. The molecule has 16 heavy (non-hydrogen) atoms. The SMILES string of the molecule is CC1(C)CC[C@H]([CH2][Sn]([CH3])([CH3])[CH3])[C@H]1[Sn]([CH3])([CH3])[CH3]. The molecule has 0 unspecified atom stereocenters. The first-order valence-electron chi connectivity index (χ1n) is 6.93. The van der Waals surface area contributed by atoms with Crippen molar-refractivity contribution in [3.63, 3.8) is 0 Å². The third-order valence-electron chi connectivity index (χ3n) is 4.28. The summed E-state index contributed by atoms with van der Waals surface area (Å²) in [6.45, 7) is 5.11. The summed E-state index contributed by atoms with van der Waals surface area (Å²) in [7, 11) is 0. The summed E-state index contributed by atoms with van der Waals surface area (Å²) >= 11 is -3.33. The first-order chi connectivity index (χ1) is 6.93. The van der Waals surface area contributed by atoms with Gasteiger partial charge in [-0.3, -0.25) is 0 Å². The number of hydrogen-bond donors (Lipinski definition) is 0. The van der Waals surface area contributed by atoms with Crippen LogP contribution in [-0.2, 0) is 0 Å². The van der Waals surface area contributed by atoms with Crippen molar-refractivity contribution in [3.8, 4) is 0 Å². The van der Waals surface area contributed by atoms with Crippen LogP contribution in [-0.4, -0.2) is 36.8 Å². The predicted molar refractivity (Wildman–Crippen MR) is 81.8 cm³/mol. The van der Waals surface area contributed by atoms with Crippen molar-refractivity contribution in [1.29, 1.82) is 0 Å². The van der Waals surface area contributed by atoms with Gasteiger partial charge in [-0.2, -0.15) is 0 Å². The zero-order valence-electron chi connectivity index (χ0n) is 12.8. The van der Waals surface area contributed by atoms with Crippen LogP contribution in [0.15, 0.2) is 0 Å². The Labute approximate surface area is 112 Å². The summed E-state index contributed by atoms with van der Waals surface area (Å²) < 4.78 is 2.79. The average Bonchev–Trinajstić information content (AvgIpc) is 2.20. The maximum atomic E-state index is 2.66. The second-order valence-corrected chi connectivity index (χ2v) is 40.0. The Bertz CT molecular complexity index is 242.